The van der Waals surface area contributed by atoms with Gasteiger partial charge in [-0.1, -0.05) is 15.9 Å². The lowest BCUT2D eigenvalue weighted by Crippen LogP contribution is -2.29. The van der Waals surface area contributed by atoms with Crippen molar-refractivity contribution in [3.05, 3.63) is 53.0 Å². The van der Waals surface area contributed by atoms with Crippen LogP contribution in [0.2, 0.25) is 0 Å². The van der Waals surface area contributed by atoms with E-state index in [1.165, 1.54) is 12.4 Å². The van der Waals surface area contributed by atoms with Crippen molar-refractivity contribution in [3.8, 4) is 11.6 Å². The molecular formula is C18H21BrN6O3S. The van der Waals surface area contributed by atoms with Crippen molar-refractivity contribution in [2.75, 3.05) is 25.0 Å². The summed E-state index contributed by atoms with van der Waals surface area (Å²) in [6.07, 6.45) is 3.23. The second-order valence-corrected chi connectivity index (χ2v) is 8.66. The van der Waals surface area contributed by atoms with Gasteiger partial charge in [0.1, 0.15) is 22.8 Å². The van der Waals surface area contributed by atoms with Gasteiger partial charge in [-0.3, -0.25) is 0 Å². The monoisotopic (exact) mass is 480 g/mol. The summed E-state index contributed by atoms with van der Waals surface area (Å²) in [5.74, 6) is 1.50. The molecule has 3 rings (SSSR count). The minimum Gasteiger partial charge on any atom is -0.492 e. The molecule has 0 saturated carbocycles. The summed E-state index contributed by atoms with van der Waals surface area (Å²) in [6, 6.07) is 8.49. The zero-order chi connectivity index (χ0) is 20.9. The largest absolute Gasteiger partial charge is 0.492 e. The Kier molecular flexibility index (Phi) is 6.83. The van der Waals surface area contributed by atoms with Crippen molar-refractivity contribution < 1.29 is 13.2 Å². The van der Waals surface area contributed by atoms with E-state index in [-0.39, 0.29) is 11.4 Å². The van der Waals surface area contributed by atoms with Gasteiger partial charge >= 0.3 is 0 Å². The fourth-order valence-electron chi connectivity index (χ4n) is 2.53. The molecule has 2 heterocycles. The first kappa shape index (κ1) is 21.2. The zero-order valence-corrected chi connectivity index (χ0v) is 18.4. The third-order valence-electron chi connectivity index (χ3n) is 3.83. The Morgan fingerprint density at radius 1 is 1.17 bits per heavy atom. The van der Waals surface area contributed by atoms with E-state index in [9.17, 15) is 8.42 Å². The second kappa shape index (κ2) is 9.33. The minimum atomic E-state index is -3.73. The molecule has 1 aromatic carbocycles. The molecule has 0 aliphatic carbocycles. The van der Waals surface area contributed by atoms with E-state index in [2.05, 4.69) is 41.0 Å². The molecule has 0 unspecified atom stereocenters. The van der Waals surface area contributed by atoms with Gasteiger partial charge in [0.05, 0.1) is 12.3 Å². The Morgan fingerprint density at radius 3 is 2.72 bits per heavy atom. The Hall–Kier alpha value is -2.50. The van der Waals surface area contributed by atoms with E-state index in [1.807, 2.05) is 19.2 Å². The van der Waals surface area contributed by atoms with E-state index in [0.29, 0.717) is 35.0 Å². The Balaban J connectivity index is 1.61. The highest BCUT2D eigenvalue weighted by Gasteiger charge is 2.19. The number of anilines is 1. The van der Waals surface area contributed by atoms with E-state index in [0.717, 1.165) is 5.69 Å². The third kappa shape index (κ3) is 5.52. The van der Waals surface area contributed by atoms with Crippen LogP contribution < -0.4 is 14.8 Å². The van der Waals surface area contributed by atoms with Crippen molar-refractivity contribution in [1.29, 1.82) is 0 Å². The van der Waals surface area contributed by atoms with Crippen LogP contribution in [-0.4, -0.2) is 47.9 Å². The van der Waals surface area contributed by atoms with Crippen molar-refractivity contribution in [3.63, 3.8) is 0 Å². The Labute approximate surface area is 177 Å². The van der Waals surface area contributed by atoms with Crippen molar-refractivity contribution in [1.82, 2.24) is 24.5 Å². The number of aryl methyl sites for hydroxylation is 1. The van der Waals surface area contributed by atoms with Crippen LogP contribution in [0.4, 0.5) is 5.82 Å². The molecule has 0 atom stereocenters. The summed E-state index contributed by atoms with van der Waals surface area (Å²) in [7, 11) is -3.73. The van der Waals surface area contributed by atoms with Gasteiger partial charge in [-0.05, 0) is 38.1 Å². The molecule has 0 saturated heterocycles. The van der Waals surface area contributed by atoms with E-state index >= 15 is 0 Å². The van der Waals surface area contributed by atoms with Gasteiger partial charge in [-0.15, -0.1) is 0 Å². The van der Waals surface area contributed by atoms with E-state index < -0.39 is 10.0 Å². The van der Waals surface area contributed by atoms with E-state index in [1.54, 1.807) is 29.8 Å². The average Bonchev–Trinajstić information content (AvgIpc) is 3.13. The zero-order valence-electron chi connectivity index (χ0n) is 16.0. The molecule has 0 radical (unpaired) electrons. The highest BCUT2D eigenvalue weighted by Crippen LogP contribution is 2.27. The number of halogens is 1. The number of sulfonamides is 1. The highest BCUT2D eigenvalue weighted by atomic mass is 79.9. The molecular weight excluding hydrogens is 460 g/mol. The summed E-state index contributed by atoms with van der Waals surface area (Å²) < 4.78 is 35.6. The maximum absolute atomic E-state index is 12.7. The first-order valence-electron chi connectivity index (χ1n) is 8.89. The molecule has 2 N–H and O–H groups in total. The SMILES string of the molecule is CCOc1ccc(Br)cc1S(=O)(=O)NCCNc1cc(-n2ccc(C)n2)ncn1. The van der Waals surface area contributed by atoms with Gasteiger partial charge in [0.25, 0.3) is 0 Å². The van der Waals surface area contributed by atoms with Crippen LogP contribution >= 0.6 is 15.9 Å². The van der Waals surface area contributed by atoms with Crippen molar-refractivity contribution >= 4 is 31.8 Å². The molecule has 0 aliphatic rings. The summed E-state index contributed by atoms with van der Waals surface area (Å²) in [6.45, 7) is 4.57. The van der Waals surface area contributed by atoms with Gasteiger partial charge in [-0.25, -0.2) is 27.8 Å². The Morgan fingerprint density at radius 2 is 2.00 bits per heavy atom. The molecule has 11 heteroatoms. The van der Waals surface area contributed by atoms with Gasteiger partial charge < -0.3 is 10.1 Å². The maximum Gasteiger partial charge on any atom is 0.244 e. The lowest BCUT2D eigenvalue weighted by Gasteiger charge is -2.13. The lowest BCUT2D eigenvalue weighted by molar-refractivity contribution is 0.331. The summed E-state index contributed by atoms with van der Waals surface area (Å²) in [4.78, 5) is 8.42. The molecule has 29 heavy (non-hydrogen) atoms. The molecule has 0 aliphatic heterocycles. The van der Waals surface area contributed by atoms with Crippen LogP contribution in [0.1, 0.15) is 12.6 Å². The maximum atomic E-state index is 12.7. The van der Waals surface area contributed by atoms with Gasteiger partial charge in [0.2, 0.25) is 10.0 Å². The van der Waals surface area contributed by atoms with Crippen molar-refractivity contribution in [2.45, 2.75) is 18.7 Å². The minimum absolute atomic E-state index is 0.0899. The number of ether oxygens (including phenoxy) is 1. The molecule has 2 aromatic heterocycles. The summed E-state index contributed by atoms with van der Waals surface area (Å²) >= 11 is 3.30. The van der Waals surface area contributed by atoms with Crippen LogP contribution in [0.15, 0.2) is 52.2 Å². The fraction of sp³-hybridized carbons (Fsp3) is 0.278. The first-order valence-corrected chi connectivity index (χ1v) is 11.2. The fourth-order valence-corrected chi connectivity index (χ4v) is 4.24. The highest BCUT2D eigenvalue weighted by molar-refractivity contribution is 9.10. The second-order valence-electron chi connectivity index (χ2n) is 6.01. The number of aromatic nitrogens is 4. The molecule has 0 amide bonds. The first-order chi connectivity index (χ1) is 13.9. The van der Waals surface area contributed by atoms with Crippen LogP contribution in [0.5, 0.6) is 5.75 Å². The quantitative estimate of drug-likeness (QED) is 0.452. The van der Waals surface area contributed by atoms with Crippen LogP contribution in [-0.2, 0) is 10.0 Å². The number of benzene rings is 1. The standard InChI is InChI=1S/C18H21BrN6O3S/c1-3-28-15-5-4-14(19)10-16(15)29(26,27)23-8-7-20-17-11-18(22-12-21-17)25-9-6-13(2)24-25/h4-6,9-12,23H,3,7-8H2,1-2H3,(H,20,21,22). The number of hydrogen-bond donors (Lipinski definition) is 2. The van der Waals surface area contributed by atoms with Gasteiger partial charge in [0, 0.05) is 29.8 Å². The number of nitrogens with one attached hydrogen (secondary N) is 2. The summed E-state index contributed by atoms with van der Waals surface area (Å²) in [5, 5.41) is 7.38. The van der Waals surface area contributed by atoms with Crippen LogP contribution in [0.3, 0.4) is 0 Å². The predicted octanol–water partition coefficient (Wildman–Crippen LogP) is 2.52. The lowest BCUT2D eigenvalue weighted by atomic mass is 10.3. The van der Waals surface area contributed by atoms with Gasteiger partial charge in [0.15, 0.2) is 5.82 Å². The summed E-state index contributed by atoms with van der Waals surface area (Å²) in [5.41, 5.74) is 0.881. The van der Waals surface area contributed by atoms with Crippen LogP contribution in [0.25, 0.3) is 5.82 Å². The molecule has 0 spiro atoms. The van der Waals surface area contributed by atoms with E-state index in [4.69, 9.17) is 4.74 Å². The number of rotatable bonds is 9. The molecule has 9 nitrogen and oxygen atoms in total. The Bertz CT molecular complexity index is 1090. The topological polar surface area (TPSA) is 111 Å². The third-order valence-corrected chi connectivity index (χ3v) is 5.80. The van der Waals surface area contributed by atoms with Crippen LogP contribution in [0, 0.1) is 6.92 Å². The van der Waals surface area contributed by atoms with Gasteiger partial charge in [-0.2, -0.15) is 5.10 Å². The average molecular weight is 481 g/mol. The normalized spacial score (nSPS) is 11.4. The molecule has 154 valence electrons. The smallest absolute Gasteiger partial charge is 0.244 e. The molecule has 3 aromatic rings. The molecule has 0 bridgehead atoms. The molecule has 0 fully saturated rings. The van der Waals surface area contributed by atoms with Crippen molar-refractivity contribution in [2.24, 2.45) is 0 Å². The number of hydrogen-bond acceptors (Lipinski definition) is 7. The predicted molar refractivity (Wildman–Crippen MR) is 113 cm³/mol. The number of nitrogens with zero attached hydrogens (tertiary/aromatic N) is 4.